The van der Waals surface area contributed by atoms with Gasteiger partial charge in [-0.2, -0.15) is 0 Å². The van der Waals surface area contributed by atoms with E-state index in [-0.39, 0.29) is 11.4 Å². The molecule has 4 heteroatoms. The van der Waals surface area contributed by atoms with Crippen molar-refractivity contribution in [2.75, 3.05) is 11.4 Å². The van der Waals surface area contributed by atoms with Gasteiger partial charge in [-0.15, -0.1) is 0 Å². The molecular weight excluding hydrogens is 226 g/mol. The van der Waals surface area contributed by atoms with E-state index in [1.54, 1.807) is 0 Å². The number of anilines is 1. The Bertz CT molecular complexity index is 463. The van der Waals surface area contributed by atoms with E-state index in [1.807, 2.05) is 36.9 Å². The average molecular weight is 247 g/mol. The van der Waals surface area contributed by atoms with Crippen molar-refractivity contribution in [2.24, 2.45) is 11.5 Å². The molecule has 0 spiro atoms. The molecule has 0 saturated heterocycles. The van der Waals surface area contributed by atoms with E-state index in [2.05, 4.69) is 0 Å². The number of nitrogens with zero attached hydrogens (tertiary/aromatic N) is 1. The Morgan fingerprint density at radius 1 is 1.39 bits per heavy atom. The molecule has 0 aliphatic carbocycles. The van der Waals surface area contributed by atoms with Crippen LogP contribution in [0, 0.1) is 0 Å². The summed E-state index contributed by atoms with van der Waals surface area (Å²) in [5.74, 6) is 0.156. The molecule has 4 N–H and O–H groups in total. The first-order valence-electron chi connectivity index (χ1n) is 6.32. The fourth-order valence-electron chi connectivity index (χ4n) is 2.21. The highest BCUT2D eigenvalue weighted by atomic mass is 16.2. The van der Waals surface area contributed by atoms with Gasteiger partial charge in [-0.05, 0) is 37.5 Å². The molecule has 98 valence electrons. The summed E-state index contributed by atoms with van der Waals surface area (Å²) >= 11 is 0. The highest BCUT2D eigenvalue weighted by Gasteiger charge is 2.28. The van der Waals surface area contributed by atoms with Crippen LogP contribution < -0.4 is 16.4 Å². The third-order valence-corrected chi connectivity index (χ3v) is 3.29. The van der Waals surface area contributed by atoms with Gasteiger partial charge in [0.1, 0.15) is 0 Å². The van der Waals surface area contributed by atoms with Crippen LogP contribution in [-0.4, -0.2) is 18.0 Å². The molecule has 0 fully saturated rings. The first-order valence-corrected chi connectivity index (χ1v) is 6.32. The highest BCUT2D eigenvalue weighted by molar-refractivity contribution is 6.01. The van der Waals surface area contributed by atoms with Crippen molar-refractivity contribution >= 4 is 11.6 Å². The van der Waals surface area contributed by atoms with Gasteiger partial charge in [0.15, 0.2) is 0 Å². The SMILES string of the molecule is CC(C)(N)CCN1C(=O)Cc2cc(CN)ccc21. The summed E-state index contributed by atoms with van der Waals surface area (Å²) in [6.45, 7) is 5.15. The van der Waals surface area contributed by atoms with Gasteiger partial charge in [0.2, 0.25) is 5.91 Å². The third-order valence-electron chi connectivity index (χ3n) is 3.29. The monoisotopic (exact) mass is 247 g/mol. The molecule has 0 unspecified atom stereocenters. The Balaban J connectivity index is 2.18. The average Bonchev–Trinajstić information content (AvgIpc) is 2.60. The summed E-state index contributed by atoms with van der Waals surface area (Å²) in [5.41, 5.74) is 14.5. The molecule has 2 rings (SSSR count). The topological polar surface area (TPSA) is 72.3 Å². The second-order valence-electron chi connectivity index (χ2n) is 5.63. The highest BCUT2D eigenvalue weighted by Crippen LogP contribution is 2.30. The van der Waals surface area contributed by atoms with Gasteiger partial charge in [0.05, 0.1) is 6.42 Å². The molecule has 4 nitrogen and oxygen atoms in total. The van der Waals surface area contributed by atoms with E-state index in [1.165, 1.54) is 0 Å². The minimum atomic E-state index is -0.250. The molecule has 0 atom stereocenters. The first-order chi connectivity index (χ1) is 8.40. The number of hydrogen-bond acceptors (Lipinski definition) is 3. The first kappa shape index (κ1) is 13.1. The number of carbonyl (C=O) groups excluding carboxylic acids is 1. The van der Waals surface area contributed by atoms with Crippen LogP contribution in [0.4, 0.5) is 5.69 Å². The van der Waals surface area contributed by atoms with Crippen LogP contribution in [-0.2, 0) is 17.8 Å². The number of benzene rings is 1. The maximum Gasteiger partial charge on any atom is 0.231 e. The van der Waals surface area contributed by atoms with Gasteiger partial charge in [0.25, 0.3) is 0 Å². The van der Waals surface area contributed by atoms with Crippen molar-refractivity contribution in [1.82, 2.24) is 0 Å². The smallest absolute Gasteiger partial charge is 0.231 e. The lowest BCUT2D eigenvalue weighted by Crippen LogP contribution is -2.38. The maximum absolute atomic E-state index is 12.0. The van der Waals surface area contributed by atoms with Crippen LogP contribution in [0.1, 0.15) is 31.4 Å². The molecule has 1 aliphatic rings. The van der Waals surface area contributed by atoms with Crippen molar-refractivity contribution in [3.63, 3.8) is 0 Å². The van der Waals surface area contributed by atoms with Crippen LogP contribution in [0.15, 0.2) is 18.2 Å². The molecule has 0 bridgehead atoms. The molecular formula is C14H21N3O. The number of fused-ring (bicyclic) bond motifs is 1. The molecule has 0 saturated carbocycles. The second kappa shape index (κ2) is 4.71. The van der Waals surface area contributed by atoms with Crippen LogP contribution in [0.5, 0.6) is 0 Å². The van der Waals surface area contributed by atoms with Crippen LogP contribution in [0.2, 0.25) is 0 Å². The van der Waals surface area contributed by atoms with E-state index in [0.29, 0.717) is 19.5 Å². The fraction of sp³-hybridized carbons (Fsp3) is 0.500. The van der Waals surface area contributed by atoms with E-state index in [0.717, 1.165) is 23.2 Å². The van der Waals surface area contributed by atoms with Gasteiger partial charge in [-0.1, -0.05) is 12.1 Å². The molecule has 0 radical (unpaired) electrons. The van der Waals surface area contributed by atoms with Crippen molar-refractivity contribution in [3.8, 4) is 0 Å². The van der Waals surface area contributed by atoms with E-state index < -0.39 is 0 Å². The van der Waals surface area contributed by atoms with Crippen molar-refractivity contribution < 1.29 is 4.79 Å². The maximum atomic E-state index is 12.0. The largest absolute Gasteiger partial charge is 0.326 e. The summed E-state index contributed by atoms with van der Waals surface area (Å²) in [6.07, 6.45) is 1.27. The van der Waals surface area contributed by atoms with Crippen molar-refractivity contribution in [2.45, 2.75) is 38.8 Å². The minimum absolute atomic E-state index is 0.156. The van der Waals surface area contributed by atoms with Gasteiger partial charge < -0.3 is 16.4 Å². The second-order valence-corrected chi connectivity index (χ2v) is 5.63. The number of carbonyl (C=O) groups is 1. The van der Waals surface area contributed by atoms with Gasteiger partial charge >= 0.3 is 0 Å². The summed E-state index contributed by atoms with van der Waals surface area (Å²) in [6, 6.07) is 6.00. The van der Waals surface area contributed by atoms with Crippen molar-refractivity contribution in [1.29, 1.82) is 0 Å². The number of amides is 1. The molecule has 0 aromatic heterocycles. The van der Waals surface area contributed by atoms with Crippen LogP contribution in [0.25, 0.3) is 0 Å². The van der Waals surface area contributed by atoms with E-state index in [9.17, 15) is 4.79 Å². The Kier molecular flexibility index (Phi) is 3.41. The van der Waals surface area contributed by atoms with Crippen LogP contribution >= 0.6 is 0 Å². The molecule has 1 amide bonds. The quantitative estimate of drug-likeness (QED) is 0.838. The summed E-state index contributed by atoms with van der Waals surface area (Å²) in [5, 5.41) is 0. The third kappa shape index (κ3) is 2.71. The Morgan fingerprint density at radius 3 is 2.72 bits per heavy atom. The van der Waals surface area contributed by atoms with Crippen molar-refractivity contribution in [3.05, 3.63) is 29.3 Å². The summed E-state index contributed by atoms with van der Waals surface area (Å²) in [7, 11) is 0. The van der Waals surface area contributed by atoms with E-state index >= 15 is 0 Å². The number of nitrogens with two attached hydrogens (primary N) is 2. The van der Waals surface area contributed by atoms with Gasteiger partial charge in [-0.25, -0.2) is 0 Å². The lowest BCUT2D eigenvalue weighted by atomic mass is 10.0. The zero-order valence-electron chi connectivity index (χ0n) is 11.1. The molecule has 18 heavy (non-hydrogen) atoms. The van der Waals surface area contributed by atoms with Gasteiger partial charge in [0, 0.05) is 24.3 Å². The normalized spacial score (nSPS) is 15.1. The molecule has 1 aromatic carbocycles. The fourth-order valence-corrected chi connectivity index (χ4v) is 2.21. The zero-order valence-corrected chi connectivity index (χ0v) is 11.1. The summed E-state index contributed by atoms with van der Waals surface area (Å²) in [4.78, 5) is 13.8. The Hall–Kier alpha value is -1.39. The van der Waals surface area contributed by atoms with E-state index in [4.69, 9.17) is 11.5 Å². The lowest BCUT2D eigenvalue weighted by Gasteiger charge is -2.24. The molecule has 1 aromatic rings. The van der Waals surface area contributed by atoms with Gasteiger partial charge in [-0.3, -0.25) is 4.79 Å². The minimum Gasteiger partial charge on any atom is -0.326 e. The van der Waals surface area contributed by atoms with Crippen LogP contribution in [0.3, 0.4) is 0 Å². The Morgan fingerprint density at radius 2 is 2.11 bits per heavy atom. The number of rotatable bonds is 4. The zero-order chi connectivity index (χ0) is 13.3. The standard InChI is InChI=1S/C14H21N3O/c1-14(2,16)5-6-17-12-4-3-10(9-15)7-11(12)8-13(17)18/h3-4,7H,5-6,8-9,15-16H2,1-2H3. The number of hydrogen-bond donors (Lipinski definition) is 2. The summed E-state index contributed by atoms with van der Waals surface area (Å²) < 4.78 is 0. The molecule has 1 aliphatic heterocycles. The lowest BCUT2D eigenvalue weighted by molar-refractivity contribution is -0.117. The Labute approximate surface area is 108 Å². The predicted molar refractivity (Wildman–Crippen MR) is 73.3 cm³/mol. The predicted octanol–water partition coefficient (Wildman–Crippen LogP) is 1.16. The molecule has 1 heterocycles.